The Bertz CT molecular complexity index is 493. The van der Waals surface area contributed by atoms with E-state index in [0.29, 0.717) is 5.11 Å². The molecule has 0 amide bonds. The summed E-state index contributed by atoms with van der Waals surface area (Å²) >= 11 is 5.21. The molecule has 0 bridgehead atoms. The molecule has 4 nitrogen and oxygen atoms in total. The molecule has 2 N–H and O–H groups in total. The van der Waals surface area contributed by atoms with Gasteiger partial charge < -0.3 is 10.1 Å². The van der Waals surface area contributed by atoms with E-state index in [-0.39, 0.29) is 6.10 Å². The number of hydrazone groups is 1. The summed E-state index contributed by atoms with van der Waals surface area (Å²) in [5, 5.41) is 7.99. The molecule has 1 aliphatic heterocycles. The van der Waals surface area contributed by atoms with Crippen molar-refractivity contribution in [2.75, 3.05) is 13.2 Å². The highest BCUT2D eigenvalue weighted by atomic mass is 32.1. The summed E-state index contributed by atoms with van der Waals surface area (Å²) in [6.45, 7) is 5.72. The van der Waals surface area contributed by atoms with E-state index < -0.39 is 0 Å². The molecule has 1 fully saturated rings. The summed E-state index contributed by atoms with van der Waals surface area (Å²) in [7, 11) is 0. The van der Waals surface area contributed by atoms with Crippen LogP contribution in [0.5, 0.6) is 0 Å². The summed E-state index contributed by atoms with van der Waals surface area (Å²) in [4.78, 5) is 0. The van der Waals surface area contributed by atoms with Gasteiger partial charge in [-0.15, -0.1) is 0 Å². The van der Waals surface area contributed by atoms with Gasteiger partial charge in [0.05, 0.1) is 11.8 Å². The third-order valence-corrected chi connectivity index (χ3v) is 3.86. The predicted octanol–water partition coefficient (Wildman–Crippen LogP) is 2.62. The van der Waals surface area contributed by atoms with E-state index in [1.165, 1.54) is 5.56 Å². The monoisotopic (exact) mass is 305 g/mol. The smallest absolute Gasteiger partial charge is 0.187 e. The van der Waals surface area contributed by atoms with Gasteiger partial charge in [-0.25, -0.2) is 0 Å². The maximum Gasteiger partial charge on any atom is 0.187 e. The molecule has 0 unspecified atom stereocenters. The van der Waals surface area contributed by atoms with Gasteiger partial charge >= 0.3 is 0 Å². The van der Waals surface area contributed by atoms with E-state index in [1.807, 2.05) is 6.92 Å². The van der Waals surface area contributed by atoms with E-state index in [9.17, 15) is 0 Å². The highest BCUT2D eigenvalue weighted by molar-refractivity contribution is 7.80. The van der Waals surface area contributed by atoms with Gasteiger partial charge in [-0.1, -0.05) is 31.2 Å². The van der Waals surface area contributed by atoms with Gasteiger partial charge in [0.15, 0.2) is 5.11 Å². The zero-order chi connectivity index (χ0) is 15.1. The van der Waals surface area contributed by atoms with Gasteiger partial charge in [-0.2, -0.15) is 5.10 Å². The largest absolute Gasteiger partial charge is 0.376 e. The lowest BCUT2D eigenvalue weighted by Gasteiger charge is -2.12. The Kier molecular flexibility index (Phi) is 6.14. The van der Waals surface area contributed by atoms with Crippen molar-refractivity contribution in [3.05, 3.63) is 35.4 Å². The lowest BCUT2D eigenvalue weighted by molar-refractivity contribution is 0.114. The van der Waals surface area contributed by atoms with Gasteiger partial charge in [-0.3, -0.25) is 5.43 Å². The van der Waals surface area contributed by atoms with Gasteiger partial charge in [-0.05, 0) is 49.5 Å². The van der Waals surface area contributed by atoms with Gasteiger partial charge in [0, 0.05) is 13.2 Å². The molecule has 0 radical (unpaired) electrons. The molecule has 1 saturated heterocycles. The van der Waals surface area contributed by atoms with Crippen LogP contribution in [0.4, 0.5) is 0 Å². The molecule has 0 saturated carbocycles. The highest BCUT2D eigenvalue weighted by Gasteiger charge is 2.15. The fraction of sp³-hybridized carbons (Fsp3) is 0.500. The first-order valence-electron chi connectivity index (χ1n) is 7.48. The molecule has 21 heavy (non-hydrogen) atoms. The van der Waals surface area contributed by atoms with Crippen LogP contribution in [0.15, 0.2) is 29.4 Å². The third-order valence-electron chi connectivity index (χ3n) is 3.62. The summed E-state index contributed by atoms with van der Waals surface area (Å²) in [6, 6.07) is 8.43. The zero-order valence-corrected chi connectivity index (χ0v) is 13.5. The van der Waals surface area contributed by atoms with Gasteiger partial charge in [0.25, 0.3) is 0 Å². The quantitative estimate of drug-likeness (QED) is 0.499. The van der Waals surface area contributed by atoms with Crippen molar-refractivity contribution in [2.45, 2.75) is 39.2 Å². The van der Waals surface area contributed by atoms with Crippen LogP contribution in [0.1, 0.15) is 37.8 Å². The predicted molar refractivity (Wildman–Crippen MR) is 90.7 cm³/mol. The van der Waals surface area contributed by atoms with Crippen LogP contribution in [-0.2, 0) is 11.2 Å². The number of benzene rings is 1. The molecule has 5 heteroatoms. The van der Waals surface area contributed by atoms with Crippen LogP contribution in [0.2, 0.25) is 0 Å². The second-order valence-corrected chi connectivity index (χ2v) is 5.61. The molecule has 1 heterocycles. The van der Waals surface area contributed by atoms with Gasteiger partial charge in [0.2, 0.25) is 0 Å². The third kappa shape index (κ3) is 5.10. The first kappa shape index (κ1) is 15.9. The average Bonchev–Trinajstić information content (AvgIpc) is 3.04. The first-order valence-corrected chi connectivity index (χ1v) is 7.89. The number of thiocarbonyl (C=S) groups is 1. The normalized spacial score (nSPS) is 18.6. The Morgan fingerprint density at radius 1 is 1.38 bits per heavy atom. The number of hydrogen-bond acceptors (Lipinski definition) is 3. The molecule has 114 valence electrons. The molecule has 0 aliphatic carbocycles. The molecule has 1 aromatic carbocycles. The number of ether oxygens (including phenoxy) is 1. The van der Waals surface area contributed by atoms with Crippen molar-refractivity contribution < 1.29 is 4.74 Å². The number of nitrogens with one attached hydrogen (secondary N) is 2. The Morgan fingerprint density at radius 3 is 2.76 bits per heavy atom. The van der Waals surface area contributed by atoms with Crippen LogP contribution in [0.25, 0.3) is 0 Å². The topological polar surface area (TPSA) is 45.7 Å². The highest BCUT2D eigenvalue weighted by Crippen LogP contribution is 2.10. The van der Waals surface area contributed by atoms with E-state index in [0.717, 1.165) is 43.7 Å². The van der Waals surface area contributed by atoms with Crippen molar-refractivity contribution in [3.63, 3.8) is 0 Å². The van der Waals surface area contributed by atoms with Crippen molar-refractivity contribution >= 4 is 23.0 Å². The Labute approximate surface area is 132 Å². The number of hydrogen-bond donors (Lipinski definition) is 2. The Balaban J connectivity index is 1.79. The minimum absolute atomic E-state index is 0.274. The summed E-state index contributed by atoms with van der Waals surface area (Å²) < 4.78 is 5.53. The van der Waals surface area contributed by atoms with Gasteiger partial charge in [0.1, 0.15) is 0 Å². The Morgan fingerprint density at radius 2 is 2.14 bits per heavy atom. The van der Waals surface area contributed by atoms with Crippen LogP contribution >= 0.6 is 12.2 Å². The summed E-state index contributed by atoms with van der Waals surface area (Å²) in [6.07, 6.45) is 3.56. The number of rotatable bonds is 5. The van der Waals surface area contributed by atoms with Crippen molar-refractivity contribution in [1.29, 1.82) is 0 Å². The van der Waals surface area contributed by atoms with Crippen molar-refractivity contribution in [3.8, 4) is 0 Å². The first-order chi connectivity index (χ1) is 10.2. The molecular formula is C16H23N3OS. The minimum Gasteiger partial charge on any atom is -0.376 e. The standard InChI is InChI=1S/C16H23N3OS/c1-3-13-6-8-14(9-7-13)12(2)18-19-16(21)17-11-15-5-4-10-20-15/h6-9,15H,3-5,10-11H2,1-2H3,(H2,17,19,21)/b18-12-/t15-/m1/s1. The second-order valence-electron chi connectivity index (χ2n) is 5.20. The fourth-order valence-electron chi connectivity index (χ4n) is 2.23. The van der Waals surface area contributed by atoms with Crippen molar-refractivity contribution in [2.24, 2.45) is 5.10 Å². The zero-order valence-electron chi connectivity index (χ0n) is 12.7. The number of nitrogens with zero attached hydrogens (tertiary/aromatic N) is 1. The number of aryl methyl sites for hydroxylation is 1. The SMILES string of the molecule is CCc1ccc(/C(C)=N\NC(=S)NC[C@H]2CCCO2)cc1. The molecule has 0 spiro atoms. The van der Waals surface area contributed by atoms with Crippen LogP contribution in [0.3, 0.4) is 0 Å². The molecule has 0 aromatic heterocycles. The van der Waals surface area contributed by atoms with E-state index in [4.69, 9.17) is 17.0 Å². The molecule has 1 atom stereocenters. The maximum absolute atomic E-state index is 5.53. The fourth-order valence-corrected chi connectivity index (χ4v) is 2.36. The molecule has 1 aromatic rings. The maximum atomic E-state index is 5.53. The average molecular weight is 305 g/mol. The van der Waals surface area contributed by atoms with E-state index in [1.54, 1.807) is 0 Å². The lowest BCUT2D eigenvalue weighted by atomic mass is 10.1. The second kappa shape index (κ2) is 8.10. The lowest BCUT2D eigenvalue weighted by Crippen LogP contribution is -2.37. The molecule has 1 aliphatic rings. The molecule has 2 rings (SSSR count). The van der Waals surface area contributed by atoms with Crippen LogP contribution in [-0.4, -0.2) is 30.1 Å². The summed E-state index contributed by atoms with van der Waals surface area (Å²) in [5.41, 5.74) is 6.23. The Hall–Kier alpha value is -1.46. The van der Waals surface area contributed by atoms with E-state index in [2.05, 4.69) is 47.0 Å². The van der Waals surface area contributed by atoms with Crippen LogP contribution < -0.4 is 10.7 Å². The van der Waals surface area contributed by atoms with Crippen LogP contribution in [0, 0.1) is 0 Å². The van der Waals surface area contributed by atoms with E-state index >= 15 is 0 Å². The summed E-state index contributed by atoms with van der Waals surface area (Å²) in [5.74, 6) is 0. The van der Waals surface area contributed by atoms with Crippen molar-refractivity contribution in [1.82, 2.24) is 10.7 Å². The molecular weight excluding hydrogens is 282 g/mol. The minimum atomic E-state index is 0.274.